The molecule has 0 spiro atoms. The summed E-state index contributed by atoms with van der Waals surface area (Å²) in [5, 5.41) is 0.524. The van der Waals surface area contributed by atoms with Gasteiger partial charge in [0.05, 0.1) is 10.7 Å². The predicted molar refractivity (Wildman–Crippen MR) is 95.4 cm³/mol. The average molecular weight is 357 g/mol. The number of aromatic nitrogens is 2. The molecule has 1 aliphatic heterocycles. The van der Waals surface area contributed by atoms with Crippen LogP contribution in [0.5, 0.6) is 0 Å². The minimum atomic E-state index is -0.101. The van der Waals surface area contributed by atoms with E-state index in [0.29, 0.717) is 17.2 Å². The van der Waals surface area contributed by atoms with Crippen LogP contribution < -0.4 is 11.3 Å². The lowest BCUT2D eigenvalue weighted by atomic mass is 9.80. The highest BCUT2D eigenvalue weighted by Gasteiger charge is 2.33. The summed E-state index contributed by atoms with van der Waals surface area (Å²) in [6, 6.07) is 5.32. The number of fused-ring (bicyclic) bond motifs is 1. The summed E-state index contributed by atoms with van der Waals surface area (Å²) in [6.45, 7) is 6.90. The van der Waals surface area contributed by atoms with Gasteiger partial charge in [0.1, 0.15) is 5.65 Å². The van der Waals surface area contributed by atoms with Crippen molar-refractivity contribution < 1.29 is 0 Å². The van der Waals surface area contributed by atoms with Crippen LogP contribution in [0.4, 0.5) is 0 Å². The minimum absolute atomic E-state index is 0. The molecule has 1 unspecified atom stereocenters. The summed E-state index contributed by atoms with van der Waals surface area (Å²) >= 11 is 5.92. The van der Waals surface area contributed by atoms with E-state index >= 15 is 0 Å². The van der Waals surface area contributed by atoms with E-state index in [1.807, 2.05) is 0 Å². The summed E-state index contributed by atoms with van der Waals surface area (Å²) in [7, 11) is 0. The van der Waals surface area contributed by atoms with E-state index in [4.69, 9.17) is 17.3 Å². The maximum absolute atomic E-state index is 12.2. The molecule has 2 aromatic heterocycles. The van der Waals surface area contributed by atoms with E-state index in [-0.39, 0.29) is 29.4 Å². The fraction of sp³-hybridized carbons (Fsp3) is 0.500. The van der Waals surface area contributed by atoms with Crippen molar-refractivity contribution in [3.63, 3.8) is 0 Å². The molecule has 126 valence electrons. The number of likely N-dealkylation sites (tertiary alicyclic amines) is 1. The fourth-order valence-electron chi connectivity index (χ4n) is 3.06. The Balaban J connectivity index is 0.00000192. The minimum Gasteiger partial charge on any atom is -0.327 e. The summed E-state index contributed by atoms with van der Waals surface area (Å²) in [5.41, 5.74) is 7.57. The van der Waals surface area contributed by atoms with Crippen molar-refractivity contribution >= 4 is 29.7 Å². The Labute approximate surface area is 146 Å². The molecule has 3 rings (SSSR count). The van der Waals surface area contributed by atoms with Gasteiger partial charge in [-0.15, -0.1) is 12.4 Å². The van der Waals surface area contributed by atoms with Crippen LogP contribution in [-0.2, 0) is 6.54 Å². The molecule has 0 saturated carbocycles. The summed E-state index contributed by atoms with van der Waals surface area (Å²) in [4.78, 5) is 19.1. The number of piperidine rings is 1. The Kier molecular flexibility index (Phi) is 5.36. The molecule has 3 heterocycles. The molecule has 5 nitrogen and oxygen atoms in total. The van der Waals surface area contributed by atoms with Crippen molar-refractivity contribution in [1.29, 1.82) is 0 Å². The zero-order valence-corrected chi connectivity index (χ0v) is 14.9. The molecule has 1 saturated heterocycles. The van der Waals surface area contributed by atoms with Crippen LogP contribution >= 0.6 is 24.0 Å². The van der Waals surface area contributed by atoms with Crippen molar-refractivity contribution in [1.82, 2.24) is 14.3 Å². The highest BCUT2D eigenvalue weighted by atomic mass is 35.5. The van der Waals surface area contributed by atoms with Crippen LogP contribution in [0.15, 0.2) is 29.2 Å². The van der Waals surface area contributed by atoms with Gasteiger partial charge < -0.3 is 5.73 Å². The van der Waals surface area contributed by atoms with Crippen LogP contribution in [0.2, 0.25) is 5.02 Å². The molecule has 0 aromatic carbocycles. The topological polar surface area (TPSA) is 63.6 Å². The Morgan fingerprint density at radius 1 is 1.43 bits per heavy atom. The first-order valence-electron chi connectivity index (χ1n) is 7.51. The van der Waals surface area contributed by atoms with Gasteiger partial charge in [-0.25, -0.2) is 4.98 Å². The Morgan fingerprint density at radius 2 is 2.17 bits per heavy atom. The number of hydrogen-bond acceptors (Lipinski definition) is 4. The number of halogens is 2. The second-order valence-corrected chi connectivity index (χ2v) is 7.19. The third-order valence-electron chi connectivity index (χ3n) is 4.45. The van der Waals surface area contributed by atoms with Gasteiger partial charge in [-0.1, -0.05) is 25.4 Å². The molecule has 23 heavy (non-hydrogen) atoms. The molecular weight excluding hydrogens is 335 g/mol. The Hall–Kier alpha value is -1.14. The van der Waals surface area contributed by atoms with Crippen molar-refractivity contribution in [2.24, 2.45) is 11.1 Å². The molecule has 7 heteroatoms. The normalized spacial score (nSPS) is 21.1. The highest BCUT2D eigenvalue weighted by Crippen LogP contribution is 2.28. The van der Waals surface area contributed by atoms with Crippen LogP contribution in [0.3, 0.4) is 0 Å². The largest absolute Gasteiger partial charge is 0.327 e. The van der Waals surface area contributed by atoms with E-state index in [1.165, 1.54) is 4.40 Å². The van der Waals surface area contributed by atoms with Crippen LogP contribution in [0.1, 0.15) is 26.0 Å². The molecule has 0 bridgehead atoms. The number of rotatable bonds is 2. The lowest BCUT2D eigenvalue weighted by Crippen LogP contribution is -2.52. The SMILES string of the molecule is CC1(C)CN(Cc2cc(=O)n3cc(Cl)ccc3n2)CCC1N.Cl. The third kappa shape index (κ3) is 3.86. The van der Waals surface area contributed by atoms with Gasteiger partial charge in [-0.3, -0.25) is 14.1 Å². The summed E-state index contributed by atoms with van der Waals surface area (Å²) in [6.07, 6.45) is 2.56. The number of pyridine rings is 1. The van der Waals surface area contributed by atoms with Gasteiger partial charge in [0, 0.05) is 37.9 Å². The van der Waals surface area contributed by atoms with Crippen molar-refractivity contribution in [2.75, 3.05) is 13.1 Å². The molecule has 1 aliphatic rings. The van der Waals surface area contributed by atoms with E-state index in [9.17, 15) is 4.79 Å². The molecule has 1 fully saturated rings. The summed E-state index contributed by atoms with van der Waals surface area (Å²) < 4.78 is 1.47. The van der Waals surface area contributed by atoms with Gasteiger partial charge in [0.15, 0.2) is 0 Å². The fourth-order valence-corrected chi connectivity index (χ4v) is 3.22. The second kappa shape index (κ2) is 6.77. The summed E-state index contributed by atoms with van der Waals surface area (Å²) in [5.74, 6) is 0. The van der Waals surface area contributed by atoms with Crippen LogP contribution in [-0.4, -0.2) is 33.4 Å². The van der Waals surface area contributed by atoms with E-state index in [0.717, 1.165) is 25.2 Å². The van der Waals surface area contributed by atoms with E-state index in [1.54, 1.807) is 24.4 Å². The van der Waals surface area contributed by atoms with E-state index in [2.05, 4.69) is 23.7 Å². The van der Waals surface area contributed by atoms with Crippen molar-refractivity contribution in [2.45, 2.75) is 32.9 Å². The monoisotopic (exact) mass is 356 g/mol. The second-order valence-electron chi connectivity index (χ2n) is 6.76. The third-order valence-corrected chi connectivity index (χ3v) is 4.68. The lowest BCUT2D eigenvalue weighted by Gasteiger charge is -2.42. The molecule has 0 amide bonds. The van der Waals surface area contributed by atoms with Crippen molar-refractivity contribution in [3.8, 4) is 0 Å². The van der Waals surface area contributed by atoms with Crippen molar-refractivity contribution in [3.05, 3.63) is 45.5 Å². The van der Waals surface area contributed by atoms with E-state index < -0.39 is 0 Å². The first-order chi connectivity index (χ1) is 10.3. The molecule has 2 N–H and O–H groups in total. The first-order valence-corrected chi connectivity index (χ1v) is 7.89. The molecule has 2 aromatic rings. The molecule has 0 radical (unpaired) electrons. The van der Waals surface area contributed by atoms with Gasteiger partial charge in [0.2, 0.25) is 0 Å². The number of nitrogens with two attached hydrogens (primary N) is 1. The van der Waals surface area contributed by atoms with Gasteiger partial charge in [-0.05, 0) is 24.0 Å². The first kappa shape index (κ1) is 18.2. The maximum Gasteiger partial charge on any atom is 0.258 e. The quantitative estimate of drug-likeness (QED) is 0.896. The predicted octanol–water partition coefficient (Wildman–Crippen LogP) is 2.33. The standard InChI is InChI=1S/C16H21ClN4O.ClH/c1-16(2)10-20(6-5-13(16)18)9-12-7-15(22)21-8-11(17)3-4-14(21)19-12;/h3-4,7-8,13H,5-6,9-10,18H2,1-2H3;1H. The highest BCUT2D eigenvalue weighted by molar-refractivity contribution is 6.30. The van der Waals surface area contributed by atoms with Crippen LogP contribution in [0.25, 0.3) is 5.65 Å². The maximum atomic E-state index is 12.2. The zero-order chi connectivity index (χ0) is 15.9. The number of nitrogens with zero attached hydrogens (tertiary/aromatic N) is 3. The smallest absolute Gasteiger partial charge is 0.258 e. The van der Waals surface area contributed by atoms with Gasteiger partial charge in [0.25, 0.3) is 5.56 Å². The number of hydrogen-bond donors (Lipinski definition) is 1. The molecule has 1 atom stereocenters. The van der Waals surface area contributed by atoms with Gasteiger partial charge >= 0.3 is 0 Å². The molecular formula is C16H22Cl2N4O. The Bertz CT molecular complexity index is 759. The zero-order valence-electron chi connectivity index (χ0n) is 13.3. The van der Waals surface area contributed by atoms with Gasteiger partial charge in [-0.2, -0.15) is 0 Å². The average Bonchev–Trinajstić information content (AvgIpc) is 2.44. The molecule has 0 aliphatic carbocycles. The van der Waals surface area contributed by atoms with Crippen LogP contribution in [0, 0.1) is 5.41 Å². The Morgan fingerprint density at radius 3 is 2.87 bits per heavy atom. The lowest BCUT2D eigenvalue weighted by molar-refractivity contribution is 0.0889.